The minimum atomic E-state index is 0.146. The number of nitrogens with zero attached hydrogens (tertiary/aromatic N) is 1. The Morgan fingerprint density at radius 1 is 1.23 bits per heavy atom. The molecule has 76 valence electrons. The van der Waals surface area contributed by atoms with Crippen molar-refractivity contribution in [3.8, 4) is 0 Å². The maximum absolute atomic E-state index is 11.7. The molecule has 0 aromatic heterocycles. The van der Waals surface area contributed by atoms with Crippen LogP contribution in [-0.4, -0.2) is 37.0 Å². The lowest BCUT2D eigenvalue weighted by molar-refractivity contribution is -0.134. The summed E-state index contributed by atoms with van der Waals surface area (Å²) < 4.78 is 0. The summed E-state index contributed by atoms with van der Waals surface area (Å²) in [7, 11) is 0. The molecule has 3 heteroatoms. The van der Waals surface area contributed by atoms with Crippen molar-refractivity contribution < 1.29 is 4.79 Å². The van der Waals surface area contributed by atoms with Gasteiger partial charge in [-0.05, 0) is 25.9 Å². The molecule has 13 heavy (non-hydrogen) atoms. The van der Waals surface area contributed by atoms with E-state index in [2.05, 4.69) is 5.32 Å². The minimum absolute atomic E-state index is 0.146. The van der Waals surface area contributed by atoms with Gasteiger partial charge >= 0.3 is 0 Å². The van der Waals surface area contributed by atoms with Crippen molar-refractivity contribution in [3.63, 3.8) is 0 Å². The minimum Gasteiger partial charge on any atom is -0.342 e. The molecule has 0 aliphatic carbocycles. The Hall–Kier alpha value is -0.570. The van der Waals surface area contributed by atoms with Crippen LogP contribution >= 0.6 is 0 Å². The van der Waals surface area contributed by atoms with Gasteiger partial charge in [0.25, 0.3) is 0 Å². The smallest absolute Gasteiger partial charge is 0.225 e. The molecule has 3 nitrogen and oxygen atoms in total. The van der Waals surface area contributed by atoms with Crippen LogP contribution in [0.5, 0.6) is 0 Å². The lowest BCUT2D eigenvalue weighted by atomic mass is 10.1. The van der Waals surface area contributed by atoms with Crippen LogP contribution in [0.1, 0.15) is 26.7 Å². The second-order valence-corrected chi connectivity index (χ2v) is 3.94. The Labute approximate surface area is 80.5 Å². The molecule has 0 spiro atoms. The van der Waals surface area contributed by atoms with Crippen molar-refractivity contribution >= 4 is 5.91 Å². The van der Waals surface area contributed by atoms with E-state index in [0.29, 0.717) is 5.91 Å². The lowest BCUT2D eigenvalue weighted by Gasteiger charge is -2.26. The monoisotopic (exact) mass is 184 g/mol. The summed E-state index contributed by atoms with van der Waals surface area (Å²) in [6, 6.07) is 0. The maximum atomic E-state index is 11.7. The van der Waals surface area contributed by atoms with Crippen LogP contribution in [0, 0.1) is 5.92 Å². The molecule has 0 unspecified atom stereocenters. The van der Waals surface area contributed by atoms with Gasteiger partial charge < -0.3 is 10.2 Å². The molecule has 1 saturated heterocycles. The third kappa shape index (κ3) is 3.35. The number of rotatable bonds is 1. The molecule has 0 saturated carbocycles. The molecule has 0 aromatic rings. The van der Waals surface area contributed by atoms with E-state index in [0.717, 1.165) is 39.0 Å². The number of hydrogen-bond acceptors (Lipinski definition) is 2. The largest absolute Gasteiger partial charge is 0.342 e. The molecule has 1 heterocycles. The van der Waals surface area contributed by atoms with Gasteiger partial charge in [-0.15, -0.1) is 0 Å². The zero-order chi connectivity index (χ0) is 9.68. The zero-order valence-corrected chi connectivity index (χ0v) is 8.68. The molecule has 1 amide bonds. The Balaban J connectivity index is 2.41. The Morgan fingerprint density at radius 3 is 2.23 bits per heavy atom. The van der Waals surface area contributed by atoms with Gasteiger partial charge in [0.05, 0.1) is 0 Å². The highest BCUT2D eigenvalue weighted by molar-refractivity contribution is 5.78. The highest BCUT2D eigenvalue weighted by Gasteiger charge is 2.16. The molecule has 1 N–H and O–H groups in total. The molecule has 1 rings (SSSR count). The molecule has 1 aliphatic rings. The van der Waals surface area contributed by atoms with E-state index < -0.39 is 0 Å². The van der Waals surface area contributed by atoms with Crippen LogP contribution < -0.4 is 5.32 Å². The van der Waals surface area contributed by atoms with Gasteiger partial charge in [0.1, 0.15) is 0 Å². The summed E-state index contributed by atoms with van der Waals surface area (Å²) in [6.07, 6.45) is 2.16. The number of carbonyl (C=O) groups excluding carboxylic acids is 1. The van der Waals surface area contributed by atoms with Crippen molar-refractivity contribution in [2.75, 3.05) is 26.2 Å². The second-order valence-electron chi connectivity index (χ2n) is 3.94. The van der Waals surface area contributed by atoms with Crippen LogP contribution in [-0.2, 0) is 4.79 Å². The van der Waals surface area contributed by atoms with E-state index in [1.54, 1.807) is 0 Å². The lowest BCUT2D eigenvalue weighted by Crippen LogP contribution is -2.40. The average Bonchev–Trinajstić information content (AvgIpc) is 2.02. The first-order chi connectivity index (χ1) is 6.22. The number of nitrogens with one attached hydrogen (secondary N) is 1. The average molecular weight is 184 g/mol. The summed E-state index contributed by atoms with van der Waals surface area (Å²) in [4.78, 5) is 13.7. The molecule has 0 aromatic carbocycles. The van der Waals surface area contributed by atoms with E-state index in [1.807, 2.05) is 18.7 Å². The van der Waals surface area contributed by atoms with Crippen molar-refractivity contribution in [2.45, 2.75) is 26.7 Å². The first-order valence-electron chi connectivity index (χ1n) is 5.21. The molecule has 1 fully saturated rings. The Morgan fingerprint density at radius 2 is 1.77 bits per heavy atom. The fourth-order valence-corrected chi connectivity index (χ4v) is 1.61. The molecular weight excluding hydrogens is 164 g/mol. The summed E-state index contributed by atoms with van der Waals surface area (Å²) in [5.41, 5.74) is 0. The Bertz CT molecular complexity index is 160. The first-order valence-corrected chi connectivity index (χ1v) is 5.21. The second kappa shape index (κ2) is 5.22. The van der Waals surface area contributed by atoms with Gasteiger partial charge in [-0.25, -0.2) is 0 Å². The highest BCUT2D eigenvalue weighted by atomic mass is 16.2. The van der Waals surface area contributed by atoms with Crippen molar-refractivity contribution in [2.24, 2.45) is 5.92 Å². The van der Waals surface area contributed by atoms with Gasteiger partial charge in [0.2, 0.25) is 5.91 Å². The maximum Gasteiger partial charge on any atom is 0.225 e. The van der Waals surface area contributed by atoms with Crippen LogP contribution in [0.3, 0.4) is 0 Å². The SMILES string of the molecule is CC(C)C(=O)N1CCCNCCC1. The summed E-state index contributed by atoms with van der Waals surface area (Å²) in [6.45, 7) is 7.87. The van der Waals surface area contributed by atoms with Gasteiger partial charge in [-0.1, -0.05) is 13.8 Å². The topological polar surface area (TPSA) is 32.3 Å². The molecule has 0 bridgehead atoms. The van der Waals surface area contributed by atoms with Gasteiger partial charge in [-0.3, -0.25) is 4.79 Å². The van der Waals surface area contributed by atoms with Crippen LogP contribution in [0.15, 0.2) is 0 Å². The number of amides is 1. The van der Waals surface area contributed by atoms with Crippen LogP contribution in [0.2, 0.25) is 0 Å². The van der Waals surface area contributed by atoms with E-state index >= 15 is 0 Å². The summed E-state index contributed by atoms with van der Waals surface area (Å²) >= 11 is 0. The predicted octanol–water partition coefficient (Wildman–Crippen LogP) is 0.854. The third-order valence-corrected chi connectivity index (χ3v) is 2.37. The number of carbonyl (C=O) groups is 1. The van der Waals surface area contributed by atoms with Gasteiger partial charge in [0, 0.05) is 19.0 Å². The quantitative estimate of drug-likeness (QED) is 0.655. The summed E-state index contributed by atoms with van der Waals surface area (Å²) in [5, 5.41) is 3.34. The van der Waals surface area contributed by atoms with Crippen molar-refractivity contribution in [3.05, 3.63) is 0 Å². The predicted molar refractivity (Wildman–Crippen MR) is 53.5 cm³/mol. The van der Waals surface area contributed by atoms with E-state index in [-0.39, 0.29) is 5.92 Å². The van der Waals surface area contributed by atoms with E-state index in [4.69, 9.17) is 0 Å². The normalized spacial score (nSPS) is 19.8. The van der Waals surface area contributed by atoms with Gasteiger partial charge in [0.15, 0.2) is 0 Å². The van der Waals surface area contributed by atoms with E-state index in [1.165, 1.54) is 0 Å². The molecule has 0 atom stereocenters. The fourth-order valence-electron chi connectivity index (χ4n) is 1.61. The highest BCUT2D eigenvalue weighted by Crippen LogP contribution is 2.04. The number of hydrogen-bond donors (Lipinski definition) is 1. The third-order valence-electron chi connectivity index (χ3n) is 2.37. The van der Waals surface area contributed by atoms with Gasteiger partial charge in [-0.2, -0.15) is 0 Å². The summed E-state index contributed by atoms with van der Waals surface area (Å²) in [5.74, 6) is 0.453. The fraction of sp³-hybridized carbons (Fsp3) is 0.900. The molecular formula is C10H20N2O. The van der Waals surface area contributed by atoms with Crippen molar-refractivity contribution in [1.29, 1.82) is 0 Å². The first kappa shape index (κ1) is 10.5. The van der Waals surface area contributed by atoms with Crippen LogP contribution in [0.25, 0.3) is 0 Å². The zero-order valence-electron chi connectivity index (χ0n) is 8.68. The van der Waals surface area contributed by atoms with E-state index in [9.17, 15) is 4.79 Å². The Kier molecular flexibility index (Phi) is 4.22. The van der Waals surface area contributed by atoms with Crippen molar-refractivity contribution in [1.82, 2.24) is 10.2 Å². The molecule has 1 aliphatic heterocycles. The van der Waals surface area contributed by atoms with Crippen LogP contribution in [0.4, 0.5) is 0 Å². The standard InChI is InChI=1S/C10H20N2O/c1-9(2)10(13)12-7-3-5-11-6-4-8-12/h9,11H,3-8H2,1-2H3. The molecule has 0 radical (unpaired) electrons.